The number of nitrogens with one attached hydrogen (secondary N) is 1. The number of carbonyl (C=O) groups is 2. The number of hydrogen-bond donors (Lipinski definition) is 3. The Kier molecular flexibility index (Phi) is 3.87. The van der Waals surface area contributed by atoms with Crippen molar-refractivity contribution in [2.75, 3.05) is 5.32 Å². The van der Waals surface area contributed by atoms with Gasteiger partial charge in [0.15, 0.2) is 0 Å². The number of Topliss-reactive ketones (excluding diaryl/α,β-unsaturated/α-hetero) is 2. The summed E-state index contributed by atoms with van der Waals surface area (Å²) in [5, 5.41) is 22.1. The fourth-order valence-electron chi connectivity index (χ4n) is 2.28. The first kappa shape index (κ1) is 15.6. The van der Waals surface area contributed by atoms with Crippen molar-refractivity contribution in [3.63, 3.8) is 0 Å². The van der Waals surface area contributed by atoms with Gasteiger partial charge in [0.1, 0.15) is 22.2 Å². The van der Waals surface area contributed by atoms with Gasteiger partial charge in [-0.05, 0) is 36.4 Å². The molecule has 0 amide bonds. The Morgan fingerprint density at radius 1 is 0.870 bits per heavy atom. The summed E-state index contributed by atoms with van der Waals surface area (Å²) in [6, 6.07) is 9.17. The first-order chi connectivity index (χ1) is 10.9. The first-order valence-corrected chi connectivity index (χ1v) is 7.64. The number of phenols is 2. The van der Waals surface area contributed by atoms with Crippen molar-refractivity contribution < 1.29 is 19.8 Å². The zero-order valence-electron chi connectivity index (χ0n) is 11.4. The summed E-state index contributed by atoms with van der Waals surface area (Å²) >= 11 is 9.30. The number of anilines is 1. The summed E-state index contributed by atoms with van der Waals surface area (Å²) in [7, 11) is 0. The zero-order chi connectivity index (χ0) is 16.7. The quantitative estimate of drug-likeness (QED) is 0.675. The number of carbonyl (C=O) groups excluding carboxylic acids is 2. The van der Waals surface area contributed by atoms with Gasteiger partial charge in [0.05, 0.1) is 11.1 Å². The molecule has 116 valence electrons. The molecule has 3 N–H and O–H groups in total. The van der Waals surface area contributed by atoms with E-state index in [0.29, 0.717) is 5.69 Å². The third-order valence-electron chi connectivity index (χ3n) is 3.37. The molecule has 0 bridgehead atoms. The summed E-state index contributed by atoms with van der Waals surface area (Å²) in [6.45, 7) is 0. The van der Waals surface area contributed by atoms with E-state index in [-0.39, 0.29) is 21.9 Å². The van der Waals surface area contributed by atoms with Crippen molar-refractivity contribution in [2.45, 2.75) is 0 Å². The lowest BCUT2D eigenvalue weighted by atomic mass is 9.90. The molecule has 2 aromatic rings. The smallest absolute Gasteiger partial charge is 0.215 e. The van der Waals surface area contributed by atoms with E-state index in [1.165, 1.54) is 0 Å². The van der Waals surface area contributed by atoms with Crippen LogP contribution in [0.25, 0.3) is 0 Å². The number of benzene rings is 2. The summed E-state index contributed by atoms with van der Waals surface area (Å²) in [5.74, 6) is -2.19. The monoisotopic (exact) mass is 393 g/mol. The second kappa shape index (κ2) is 5.72. The lowest BCUT2D eigenvalue weighted by Gasteiger charge is -2.20. The molecule has 0 saturated heterocycles. The third-order valence-corrected chi connectivity index (χ3v) is 4.26. The molecule has 3 rings (SSSR count). The van der Waals surface area contributed by atoms with Crippen LogP contribution in [-0.4, -0.2) is 21.8 Å². The van der Waals surface area contributed by atoms with E-state index in [1.807, 2.05) is 0 Å². The lowest BCUT2D eigenvalue weighted by molar-refractivity contribution is 0.0977. The Morgan fingerprint density at radius 2 is 1.39 bits per heavy atom. The molecule has 0 spiro atoms. The Bertz CT molecular complexity index is 874. The van der Waals surface area contributed by atoms with Crippen LogP contribution in [0.1, 0.15) is 20.7 Å². The second-order valence-electron chi connectivity index (χ2n) is 4.83. The van der Waals surface area contributed by atoms with Gasteiger partial charge in [-0.1, -0.05) is 27.5 Å². The normalized spacial score (nSPS) is 14.0. The van der Waals surface area contributed by atoms with Crippen LogP contribution in [0, 0.1) is 0 Å². The number of halogens is 2. The molecule has 23 heavy (non-hydrogen) atoms. The predicted octanol–water partition coefficient (Wildman–Crippen LogP) is 3.80. The molecule has 0 fully saturated rings. The van der Waals surface area contributed by atoms with Gasteiger partial charge in [-0.25, -0.2) is 0 Å². The number of hydrogen-bond acceptors (Lipinski definition) is 5. The maximum Gasteiger partial charge on any atom is 0.215 e. The molecular weight excluding hydrogens is 386 g/mol. The van der Waals surface area contributed by atoms with E-state index in [9.17, 15) is 19.8 Å². The van der Waals surface area contributed by atoms with E-state index in [1.54, 1.807) is 24.3 Å². The maximum atomic E-state index is 12.6. The fourth-order valence-corrected chi connectivity index (χ4v) is 2.77. The molecule has 0 heterocycles. The van der Waals surface area contributed by atoms with Gasteiger partial charge in [-0.2, -0.15) is 0 Å². The minimum Gasteiger partial charge on any atom is -0.507 e. The van der Waals surface area contributed by atoms with Gasteiger partial charge in [-0.15, -0.1) is 0 Å². The van der Waals surface area contributed by atoms with Crippen molar-refractivity contribution in [1.29, 1.82) is 0 Å². The zero-order valence-corrected chi connectivity index (χ0v) is 13.8. The highest BCUT2D eigenvalue weighted by molar-refractivity contribution is 9.10. The minimum absolute atomic E-state index is 0.146. The minimum atomic E-state index is -0.728. The predicted molar refractivity (Wildman–Crippen MR) is 89.1 cm³/mol. The van der Waals surface area contributed by atoms with Gasteiger partial charge in [0, 0.05) is 10.2 Å². The van der Waals surface area contributed by atoms with E-state index in [4.69, 9.17) is 11.6 Å². The molecule has 0 radical (unpaired) electrons. The molecule has 0 aliphatic heterocycles. The SMILES string of the molecule is O=C1C(Cl)=C(Nc2ccc(Br)cc2)C(=O)c2c(O)ccc(O)c21. The van der Waals surface area contributed by atoms with Crippen LogP contribution in [0.2, 0.25) is 0 Å². The van der Waals surface area contributed by atoms with Crippen LogP contribution in [0.15, 0.2) is 51.6 Å². The van der Waals surface area contributed by atoms with Crippen LogP contribution in [0.3, 0.4) is 0 Å². The van der Waals surface area contributed by atoms with E-state index in [2.05, 4.69) is 21.2 Å². The molecular formula is C16H9BrClNO4. The van der Waals surface area contributed by atoms with Crippen molar-refractivity contribution >= 4 is 44.8 Å². The molecule has 1 aliphatic carbocycles. The van der Waals surface area contributed by atoms with Crippen LogP contribution in [-0.2, 0) is 0 Å². The summed E-state index contributed by atoms with van der Waals surface area (Å²) < 4.78 is 0.849. The topological polar surface area (TPSA) is 86.6 Å². The Morgan fingerprint density at radius 3 is 1.96 bits per heavy atom. The van der Waals surface area contributed by atoms with Gasteiger partial charge in [0.2, 0.25) is 11.6 Å². The molecule has 0 aromatic heterocycles. The highest BCUT2D eigenvalue weighted by Gasteiger charge is 2.36. The summed E-state index contributed by atoms with van der Waals surface area (Å²) in [4.78, 5) is 24.9. The van der Waals surface area contributed by atoms with Crippen LogP contribution < -0.4 is 5.32 Å². The number of aromatic hydroxyl groups is 2. The van der Waals surface area contributed by atoms with Crippen molar-refractivity contribution in [1.82, 2.24) is 0 Å². The number of fused-ring (bicyclic) bond motifs is 1. The largest absolute Gasteiger partial charge is 0.507 e. The van der Waals surface area contributed by atoms with Crippen molar-refractivity contribution in [3.8, 4) is 11.5 Å². The number of phenolic OH excluding ortho intramolecular Hbond substituents is 2. The molecule has 1 aliphatic rings. The highest BCUT2D eigenvalue weighted by atomic mass is 79.9. The highest BCUT2D eigenvalue weighted by Crippen LogP contribution is 2.38. The number of rotatable bonds is 2. The van der Waals surface area contributed by atoms with Gasteiger partial charge < -0.3 is 15.5 Å². The van der Waals surface area contributed by atoms with Crippen LogP contribution in [0.5, 0.6) is 11.5 Å². The van der Waals surface area contributed by atoms with E-state index in [0.717, 1.165) is 16.6 Å². The Balaban J connectivity index is 2.10. The van der Waals surface area contributed by atoms with E-state index < -0.39 is 23.1 Å². The third kappa shape index (κ3) is 2.60. The molecule has 5 nitrogen and oxygen atoms in total. The molecule has 7 heteroatoms. The van der Waals surface area contributed by atoms with Gasteiger partial charge >= 0.3 is 0 Å². The summed E-state index contributed by atoms with van der Waals surface area (Å²) in [6.07, 6.45) is 0. The Labute approximate surface area is 144 Å². The average Bonchev–Trinajstić information content (AvgIpc) is 2.53. The second-order valence-corrected chi connectivity index (χ2v) is 6.13. The maximum absolute atomic E-state index is 12.6. The number of allylic oxidation sites excluding steroid dienone is 2. The molecule has 2 aromatic carbocycles. The standard InChI is InChI=1S/C16H9BrClNO4/c17-7-1-3-8(4-2-7)19-14-13(18)15(22)11-9(20)5-6-10(21)12(11)16(14)23/h1-6,19-21H. The first-order valence-electron chi connectivity index (χ1n) is 6.47. The molecule has 0 saturated carbocycles. The van der Waals surface area contributed by atoms with Crippen molar-refractivity contribution in [2.24, 2.45) is 0 Å². The van der Waals surface area contributed by atoms with Crippen LogP contribution in [0.4, 0.5) is 5.69 Å². The lowest BCUT2D eigenvalue weighted by Crippen LogP contribution is -2.24. The Hall–Kier alpha value is -2.31. The summed E-state index contributed by atoms with van der Waals surface area (Å²) in [5.41, 5.74) is -0.154. The number of ketones is 2. The van der Waals surface area contributed by atoms with Crippen molar-refractivity contribution in [3.05, 3.63) is 62.7 Å². The average molecular weight is 395 g/mol. The van der Waals surface area contributed by atoms with Gasteiger partial charge in [0.25, 0.3) is 0 Å². The molecule has 0 atom stereocenters. The van der Waals surface area contributed by atoms with Gasteiger partial charge in [-0.3, -0.25) is 9.59 Å². The fraction of sp³-hybridized carbons (Fsp3) is 0. The molecule has 0 unspecified atom stereocenters. The van der Waals surface area contributed by atoms with Crippen LogP contribution >= 0.6 is 27.5 Å². The van der Waals surface area contributed by atoms with E-state index >= 15 is 0 Å².